The van der Waals surface area contributed by atoms with E-state index < -0.39 is 11.6 Å². The van der Waals surface area contributed by atoms with Crippen molar-refractivity contribution in [3.05, 3.63) is 117 Å². The maximum atomic E-state index is 14.8. The molecule has 0 spiro atoms. The van der Waals surface area contributed by atoms with E-state index in [0.717, 1.165) is 53.9 Å². The molecule has 0 bridgehead atoms. The van der Waals surface area contributed by atoms with Crippen molar-refractivity contribution < 1.29 is 8.78 Å². The van der Waals surface area contributed by atoms with Crippen LogP contribution in [0, 0.1) is 11.6 Å². The van der Waals surface area contributed by atoms with Crippen LogP contribution in [0.2, 0.25) is 0 Å². The summed E-state index contributed by atoms with van der Waals surface area (Å²) < 4.78 is 32.5. The van der Waals surface area contributed by atoms with Crippen molar-refractivity contribution in [1.82, 2.24) is 18.8 Å². The van der Waals surface area contributed by atoms with E-state index in [2.05, 4.69) is 9.97 Å². The minimum absolute atomic E-state index is 0.161. The fourth-order valence-corrected chi connectivity index (χ4v) is 7.76. The maximum Gasteiger partial charge on any atom is 0.264 e. The molecule has 11 rings (SSSR count). The Labute approximate surface area is 242 Å². The Hall–Kier alpha value is -6.02. The van der Waals surface area contributed by atoms with E-state index in [1.54, 1.807) is 24.3 Å². The van der Waals surface area contributed by atoms with Crippen LogP contribution >= 0.6 is 0 Å². The van der Waals surface area contributed by atoms with Crippen LogP contribution in [0.3, 0.4) is 0 Å². The molecule has 0 unspecified atom stereocenters. The summed E-state index contributed by atoms with van der Waals surface area (Å²) >= 11 is 0. The number of pyridine rings is 2. The summed E-state index contributed by atoms with van der Waals surface area (Å²) in [4.78, 5) is 37.1. The summed E-state index contributed by atoms with van der Waals surface area (Å²) in [5, 5.41) is 9.67. The molecule has 0 fully saturated rings. The van der Waals surface area contributed by atoms with Gasteiger partial charge in [0.25, 0.3) is 11.1 Å². The van der Waals surface area contributed by atoms with Gasteiger partial charge >= 0.3 is 0 Å². The van der Waals surface area contributed by atoms with Gasteiger partial charge in [0.1, 0.15) is 22.3 Å². The molecular weight excluding hydrogens is 558 g/mol. The van der Waals surface area contributed by atoms with Crippen LogP contribution in [0.1, 0.15) is 0 Å². The first kappa shape index (κ1) is 22.6. The number of aromatic nitrogens is 4. The van der Waals surface area contributed by atoms with Crippen molar-refractivity contribution in [3.63, 3.8) is 0 Å². The van der Waals surface area contributed by atoms with Crippen LogP contribution in [0.4, 0.5) is 8.78 Å². The van der Waals surface area contributed by atoms with E-state index in [-0.39, 0.29) is 22.2 Å². The van der Waals surface area contributed by atoms with Gasteiger partial charge in [0, 0.05) is 32.3 Å². The number of imidazole rings is 2. The molecular formula is C36H14F2N4O2. The molecule has 0 amide bonds. The Balaban J connectivity index is 1.39. The standard InChI is InChI=1S/C36H14F2N4O2/c37-23-3-1-5-25-31(23)39-33-19-11-7-15-16-8-12-20-30-22(36(44)42-26-6-2-4-24(38)32(26)40-34(20)42)14-10-18(28(16)30)17-9-13-21(29(19)27(15)17)35(43)41(25)33/h1-14H. The Kier molecular flexibility index (Phi) is 3.65. The van der Waals surface area contributed by atoms with Crippen molar-refractivity contribution in [3.8, 4) is 0 Å². The van der Waals surface area contributed by atoms with Crippen molar-refractivity contribution in [2.75, 3.05) is 0 Å². The van der Waals surface area contributed by atoms with Gasteiger partial charge in [-0.05, 0) is 80.8 Å². The molecule has 204 valence electrons. The minimum Gasteiger partial charge on any atom is -0.268 e. The van der Waals surface area contributed by atoms with Gasteiger partial charge in [0.05, 0.1) is 11.0 Å². The minimum atomic E-state index is -0.476. The Morgan fingerprint density at radius 2 is 0.773 bits per heavy atom. The van der Waals surface area contributed by atoms with Crippen molar-refractivity contribution >= 4 is 98.0 Å². The Bertz CT molecular complexity index is 3000. The highest BCUT2D eigenvalue weighted by Crippen LogP contribution is 2.45. The summed E-state index contributed by atoms with van der Waals surface area (Å²) in [5.74, 6) is -0.953. The lowest BCUT2D eigenvalue weighted by molar-refractivity contribution is 0.637. The first-order valence-corrected chi connectivity index (χ1v) is 14.2. The number of benzene rings is 7. The zero-order chi connectivity index (χ0) is 29.2. The molecule has 0 atom stereocenters. The normalized spacial score (nSPS) is 13.0. The molecule has 0 saturated carbocycles. The van der Waals surface area contributed by atoms with Gasteiger partial charge in [-0.1, -0.05) is 36.4 Å². The van der Waals surface area contributed by atoms with Crippen LogP contribution in [0.15, 0.2) is 94.5 Å². The topological polar surface area (TPSA) is 68.7 Å². The van der Waals surface area contributed by atoms with Crippen molar-refractivity contribution in [2.45, 2.75) is 0 Å². The first-order valence-electron chi connectivity index (χ1n) is 14.2. The van der Waals surface area contributed by atoms with Crippen molar-refractivity contribution in [1.29, 1.82) is 0 Å². The number of rotatable bonds is 0. The fraction of sp³-hybridized carbons (Fsp3) is 0. The highest BCUT2D eigenvalue weighted by molar-refractivity contribution is 6.40. The average Bonchev–Trinajstić information content (AvgIpc) is 3.63. The molecule has 0 saturated heterocycles. The predicted octanol–water partition coefficient (Wildman–Crippen LogP) is 7.52. The molecule has 0 aliphatic heterocycles. The third-order valence-corrected chi connectivity index (χ3v) is 9.52. The van der Waals surface area contributed by atoms with Gasteiger partial charge in [0.2, 0.25) is 0 Å². The number of fused-ring (bicyclic) bond motifs is 10. The highest BCUT2D eigenvalue weighted by Gasteiger charge is 2.24. The molecule has 0 aliphatic rings. The first-order chi connectivity index (χ1) is 21.5. The lowest BCUT2D eigenvalue weighted by Crippen LogP contribution is -2.14. The molecule has 0 N–H and O–H groups in total. The van der Waals surface area contributed by atoms with E-state index in [4.69, 9.17) is 0 Å². The molecule has 4 heterocycles. The van der Waals surface area contributed by atoms with Crippen LogP contribution in [0.25, 0.3) is 98.0 Å². The molecule has 11 aromatic rings. The average molecular weight is 573 g/mol. The van der Waals surface area contributed by atoms with Gasteiger partial charge in [-0.25, -0.2) is 18.7 Å². The lowest BCUT2D eigenvalue weighted by atomic mass is 9.86. The summed E-state index contributed by atoms with van der Waals surface area (Å²) in [6.45, 7) is 0. The number of para-hydroxylation sites is 2. The van der Waals surface area contributed by atoms with Crippen LogP contribution < -0.4 is 11.1 Å². The number of nitrogens with zero attached hydrogens (tertiary/aromatic N) is 4. The van der Waals surface area contributed by atoms with Crippen LogP contribution in [0.5, 0.6) is 0 Å². The summed E-state index contributed by atoms with van der Waals surface area (Å²) in [7, 11) is 0. The Morgan fingerprint density at radius 1 is 0.432 bits per heavy atom. The number of hydrogen-bond acceptors (Lipinski definition) is 4. The van der Waals surface area contributed by atoms with Gasteiger partial charge in [-0.3, -0.25) is 18.4 Å². The second kappa shape index (κ2) is 7.12. The summed E-state index contributed by atoms with van der Waals surface area (Å²) in [6.07, 6.45) is 0. The monoisotopic (exact) mass is 572 g/mol. The van der Waals surface area contributed by atoms with E-state index in [9.17, 15) is 18.4 Å². The van der Waals surface area contributed by atoms with Crippen LogP contribution in [-0.2, 0) is 0 Å². The second-order valence-corrected chi connectivity index (χ2v) is 11.5. The zero-order valence-electron chi connectivity index (χ0n) is 22.4. The molecule has 44 heavy (non-hydrogen) atoms. The third-order valence-electron chi connectivity index (χ3n) is 9.52. The third kappa shape index (κ3) is 2.31. The van der Waals surface area contributed by atoms with E-state index in [1.165, 1.54) is 20.9 Å². The quantitative estimate of drug-likeness (QED) is 0.139. The van der Waals surface area contributed by atoms with E-state index in [1.807, 2.05) is 48.5 Å². The smallest absolute Gasteiger partial charge is 0.264 e. The lowest BCUT2D eigenvalue weighted by Gasteiger charge is -2.18. The molecule has 8 heteroatoms. The molecule has 0 radical (unpaired) electrons. The van der Waals surface area contributed by atoms with Crippen molar-refractivity contribution in [2.24, 2.45) is 0 Å². The molecule has 0 aliphatic carbocycles. The molecule has 6 nitrogen and oxygen atoms in total. The maximum absolute atomic E-state index is 14.8. The zero-order valence-corrected chi connectivity index (χ0v) is 22.4. The fourth-order valence-electron chi connectivity index (χ4n) is 7.76. The summed E-state index contributed by atoms with van der Waals surface area (Å²) in [6, 6.07) is 24.8. The molecule has 7 aromatic carbocycles. The van der Waals surface area contributed by atoms with E-state index in [0.29, 0.717) is 33.1 Å². The van der Waals surface area contributed by atoms with Gasteiger partial charge in [0.15, 0.2) is 11.6 Å². The molecule has 4 aromatic heterocycles. The second-order valence-electron chi connectivity index (χ2n) is 11.5. The largest absolute Gasteiger partial charge is 0.268 e. The van der Waals surface area contributed by atoms with Gasteiger partial charge < -0.3 is 0 Å². The van der Waals surface area contributed by atoms with Gasteiger partial charge in [-0.15, -0.1) is 0 Å². The summed E-state index contributed by atoms with van der Waals surface area (Å²) in [5.41, 5.74) is 1.52. The Morgan fingerprint density at radius 3 is 1.18 bits per heavy atom. The van der Waals surface area contributed by atoms with E-state index >= 15 is 0 Å². The van der Waals surface area contributed by atoms with Crippen LogP contribution in [-0.4, -0.2) is 18.8 Å². The highest BCUT2D eigenvalue weighted by atomic mass is 19.1. The SMILES string of the molecule is O=c1c2ccc3c4ccc5c(=O)n6c7cccc(F)c7nc6c6ccc(c7ccc(c2c37)c2nc3c(F)cccc3n12)c4c56. The number of halogens is 2. The predicted molar refractivity (Wildman–Crippen MR) is 170 cm³/mol. The number of hydrogen-bond donors (Lipinski definition) is 0. The van der Waals surface area contributed by atoms with Gasteiger partial charge in [-0.2, -0.15) is 0 Å².